The molecule has 11 nitrogen and oxygen atoms in total. The Labute approximate surface area is 225 Å². The first kappa shape index (κ1) is 29.5. The molecule has 1 rings (SSSR count). The molecule has 0 saturated heterocycles. The molecule has 1 aromatic carbocycles. The van der Waals surface area contributed by atoms with E-state index in [1.165, 1.54) is 0 Å². The number of amides is 3. The summed E-state index contributed by atoms with van der Waals surface area (Å²) < 4.78 is 6.00. The monoisotopic (exact) mass is 791 g/mol. The van der Waals surface area contributed by atoms with Crippen LogP contribution in [-0.2, 0) is 4.74 Å². The van der Waals surface area contributed by atoms with E-state index in [4.69, 9.17) is 14.9 Å². The molecular weight excluding hydrogens is 767 g/mol. The molecule has 2 unspecified atom stereocenters. The third-order valence-electron chi connectivity index (χ3n) is 3.85. The van der Waals surface area contributed by atoms with Gasteiger partial charge in [0.05, 0.1) is 56.0 Å². The van der Waals surface area contributed by atoms with E-state index in [-0.39, 0.29) is 40.1 Å². The lowest BCUT2D eigenvalue weighted by Crippen LogP contribution is -2.37. The van der Waals surface area contributed by atoms with Crippen LogP contribution in [0.4, 0.5) is 10.5 Å². The standard InChI is InChI=1S/C18H24I3N3O8/c1-2-3-32-18(31)24-15-13(20)10(16(29)22-4-8(27)6-25)12(19)11(14(15)21)17(30)23-5-9(28)7-26/h8-9,25-28H,2-7H2,1H3,(H,22,29)(H,23,30)(H,24,31). The quantitative estimate of drug-likeness (QED) is 0.160. The van der Waals surface area contributed by atoms with Crippen LogP contribution in [0, 0.1) is 10.7 Å². The SMILES string of the molecule is CCCOC(=O)Nc1c(I)c(C(=O)NCC(O)CO)c(I)c(C(=O)NCC(O)CO)c1I. The second-order valence-electron chi connectivity index (χ2n) is 6.42. The van der Waals surface area contributed by atoms with E-state index in [2.05, 4.69) is 16.0 Å². The van der Waals surface area contributed by atoms with E-state index in [1.807, 2.05) is 74.7 Å². The molecule has 0 spiro atoms. The van der Waals surface area contributed by atoms with Crippen molar-refractivity contribution in [2.24, 2.45) is 0 Å². The van der Waals surface area contributed by atoms with Gasteiger partial charge in [-0.15, -0.1) is 0 Å². The minimum Gasteiger partial charge on any atom is -0.449 e. The topological polar surface area (TPSA) is 177 Å². The van der Waals surface area contributed by atoms with Crippen LogP contribution >= 0.6 is 67.8 Å². The average Bonchev–Trinajstić information content (AvgIpc) is 2.76. The molecule has 0 radical (unpaired) electrons. The molecule has 0 aromatic heterocycles. The van der Waals surface area contributed by atoms with E-state index in [9.17, 15) is 24.6 Å². The van der Waals surface area contributed by atoms with Gasteiger partial charge >= 0.3 is 6.09 Å². The Hall–Kier alpha value is -0.540. The number of ether oxygens (including phenoxy) is 1. The number of carbonyl (C=O) groups is 3. The normalized spacial score (nSPS) is 12.6. The Morgan fingerprint density at radius 3 is 1.69 bits per heavy atom. The van der Waals surface area contributed by atoms with Gasteiger partial charge in [-0.1, -0.05) is 6.92 Å². The zero-order valence-corrected chi connectivity index (χ0v) is 23.4. The Balaban J connectivity index is 3.46. The van der Waals surface area contributed by atoms with Gasteiger partial charge in [0, 0.05) is 16.7 Å². The van der Waals surface area contributed by atoms with Crippen LogP contribution in [0.15, 0.2) is 0 Å². The van der Waals surface area contributed by atoms with Crippen molar-refractivity contribution < 1.29 is 39.5 Å². The summed E-state index contributed by atoms with van der Waals surface area (Å²) in [4.78, 5) is 37.9. The first-order chi connectivity index (χ1) is 15.1. The predicted molar refractivity (Wildman–Crippen MR) is 141 cm³/mol. The fourth-order valence-electron chi connectivity index (χ4n) is 2.23. The van der Waals surface area contributed by atoms with Crippen molar-refractivity contribution in [1.82, 2.24) is 10.6 Å². The summed E-state index contributed by atoms with van der Waals surface area (Å²) in [5, 5.41) is 44.5. The summed E-state index contributed by atoms with van der Waals surface area (Å²) in [5.74, 6) is -1.26. The average molecular weight is 791 g/mol. The molecule has 32 heavy (non-hydrogen) atoms. The molecule has 0 bridgehead atoms. The van der Waals surface area contributed by atoms with Gasteiger partial charge < -0.3 is 35.8 Å². The van der Waals surface area contributed by atoms with Gasteiger partial charge in [0.25, 0.3) is 11.8 Å². The summed E-state index contributed by atoms with van der Waals surface area (Å²) in [6, 6.07) is 0. The molecule has 2 atom stereocenters. The van der Waals surface area contributed by atoms with E-state index in [1.54, 1.807) is 0 Å². The largest absolute Gasteiger partial charge is 0.449 e. The van der Waals surface area contributed by atoms with E-state index < -0.39 is 43.3 Å². The van der Waals surface area contributed by atoms with Gasteiger partial charge in [-0.3, -0.25) is 14.9 Å². The third-order valence-corrected chi connectivity index (χ3v) is 7.09. The van der Waals surface area contributed by atoms with Crippen LogP contribution in [-0.4, -0.2) is 83.5 Å². The minimum atomic E-state index is -1.16. The molecule has 0 heterocycles. The van der Waals surface area contributed by atoms with Crippen LogP contribution in [0.2, 0.25) is 0 Å². The second-order valence-corrected chi connectivity index (χ2v) is 9.66. The van der Waals surface area contributed by atoms with Gasteiger partial charge in [0.2, 0.25) is 0 Å². The van der Waals surface area contributed by atoms with E-state index in [0.717, 1.165) is 0 Å². The second kappa shape index (κ2) is 14.7. The Kier molecular flexibility index (Phi) is 13.5. The van der Waals surface area contributed by atoms with Crippen LogP contribution < -0.4 is 16.0 Å². The van der Waals surface area contributed by atoms with E-state index in [0.29, 0.717) is 13.6 Å². The number of anilines is 1. The highest BCUT2D eigenvalue weighted by Crippen LogP contribution is 2.36. The molecule has 180 valence electrons. The number of hydrogen-bond donors (Lipinski definition) is 7. The fourth-order valence-corrected chi connectivity index (χ4v) is 6.65. The van der Waals surface area contributed by atoms with Crippen molar-refractivity contribution in [3.8, 4) is 0 Å². The van der Waals surface area contributed by atoms with Gasteiger partial charge in [-0.25, -0.2) is 4.79 Å². The van der Waals surface area contributed by atoms with Crippen molar-refractivity contribution in [1.29, 1.82) is 0 Å². The lowest BCUT2D eigenvalue weighted by molar-refractivity contribution is 0.0798. The number of halogens is 3. The highest BCUT2D eigenvalue weighted by molar-refractivity contribution is 14.1. The maximum absolute atomic E-state index is 12.9. The van der Waals surface area contributed by atoms with Gasteiger partial charge in [0.1, 0.15) is 0 Å². The Bertz CT molecular complexity index is 787. The van der Waals surface area contributed by atoms with Crippen molar-refractivity contribution in [3.05, 3.63) is 21.8 Å². The highest BCUT2D eigenvalue weighted by atomic mass is 127. The maximum Gasteiger partial charge on any atom is 0.411 e. The van der Waals surface area contributed by atoms with Gasteiger partial charge in [-0.2, -0.15) is 0 Å². The van der Waals surface area contributed by atoms with E-state index >= 15 is 0 Å². The first-order valence-corrected chi connectivity index (χ1v) is 12.6. The Morgan fingerprint density at radius 1 is 0.875 bits per heavy atom. The van der Waals surface area contributed by atoms with Crippen molar-refractivity contribution in [2.45, 2.75) is 25.6 Å². The molecule has 3 amide bonds. The molecule has 0 aliphatic heterocycles. The van der Waals surface area contributed by atoms with Crippen LogP contribution in [0.5, 0.6) is 0 Å². The molecule has 14 heteroatoms. The van der Waals surface area contributed by atoms with Crippen molar-refractivity contribution in [2.75, 3.05) is 38.2 Å². The first-order valence-electron chi connectivity index (χ1n) is 9.37. The molecular formula is C18H24I3N3O8. The number of nitrogens with one attached hydrogen (secondary N) is 3. The number of rotatable bonds is 11. The zero-order chi connectivity index (χ0) is 24.4. The summed E-state index contributed by atoms with van der Waals surface area (Å²) in [6.07, 6.45) is -2.48. The molecule has 1 aromatic rings. The van der Waals surface area contributed by atoms with Gasteiger partial charge in [-0.05, 0) is 74.2 Å². The highest BCUT2D eigenvalue weighted by Gasteiger charge is 2.29. The Morgan fingerprint density at radius 2 is 1.31 bits per heavy atom. The maximum atomic E-state index is 12.9. The summed E-state index contributed by atoms with van der Waals surface area (Å²) in [6.45, 7) is 0.481. The molecule has 7 N–H and O–H groups in total. The smallest absolute Gasteiger partial charge is 0.411 e. The minimum absolute atomic E-state index is 0.0791. The lowest BCUT2D eigenvalue weighted by Gasteiger charge is -2.20. The van der Waals surface area contributed by atoms with Gasteiger partial charge in [0.15, 0.2) is 0 Å². The summed E-state index contributed by atoms with van der Waals surface area (Å²) >= 11 is 5.56. The molecule has 0 aliphatic rings. The van der Waals surface area contributed by atoms with Crippen LogP contribution in [0.1, 0.15) is 34.1 Å². The fraction of sp³-hybridized carbons (Fsp3) is 0.500. The number of aliphatic hydroxyl groups excluding tert-OH is 4. The summed E-state index contributed by atoms with van der Waals surface area (Å²) in [5.41, 5.74) is 0.347. The molecule has 0 fully saturated rings. The molecule has 0 aliphatic carbocycles. The lowest BCUT2D eigenvalue weighted by atomic mass is 10.1. The zero-order valence-electron chi connectivity index (χ0n) is 17.0. The number of hydrogen-bond acceptors (Lipinski definition) is 8. The molecule has 0 saturated carbocycles. The number of carbonyl (C=O) groups excluding carboxylic acids is 3. The third kappa shape index (κ3) is 8.35. The summed E-state index contributed by atoms with van der Waals surface area (Å²) in [7, 11) is 0. The van der Waals surface area contributed by atoms with Crippen LogP contribution in [0.3, 0.4) is 0 Å². The van der Waals surface area contributed by atoms with Crippen molar-refractivity contribution >= 4 is 91.4 Å². The number of aliphatic hydroxyl groups is 4. The van der Waals surface area contributed by atoms with Crippen LogP contribution in [0.25, 0.3) is 0 Å². The van der Waals surface area contributed by atoms with Crippen molar-refractivity contribution in [3.63, 3.8) is 0 Å². The predicted octanol–water partition coefficient (Wildman–Crippen LogP) is 0.625. The number of benzene rings is 1.